The number of carbonyl (C=O) groups excluding carboxylic acids is 2. The van der Waals surface area contributed by atoms with Crippen LogP contribution in [0.2, 0.25) is 0 Å². The highest BCUT2D eigenvalue weighted by Gasteiger charge is 2.40. The van der Waals surface area contributed by atoms with E-state index < -0.39 is 6.09 Å². The van der Waals surface area contributed by atoms with Crippen molar-refractivity contribution in [2.24, 2.45) is 5.92 Å². The third-order valence-corrected chi connectivity index (χ3v) is 6.66. The summed E-state index contributed by atoms with van der Waals surface area (Å²) in [5.41, 5.74) is 5.08. The Morgan fingerprint density at radius 3 is 2.64 bits per heavy atom. The Bertz CT molecular complexity index is 1030. The van der Waals surface area contributed by atoms with Crippen molar-refractivity contribution in [2.45, 2.75) is 52.3 Å². The van der Waals surface area contributed by atoms with Gasteiger partial charge in [-0.15, -0.1) is 0 Å². The first kappa shape index (κ1) is 23.1. The second-order valence-corrected chi connectivity index (χ2v) is 8.74. The van der Waals surface area contributed by atoms with E-state index in [9.17, 15) is 9.59 Å². The number of nitrogens with zero attached hydrogens (tertiary/aromatic N) is 1. The Morgan fingerprint density at radius 2 is 1.97 bits per heavy atom. The average Bonchev–Trinajstić information content (AvgIpc) is 2.84. The highest BCUT2D eigenvalue weighted by Crippen LogP contribution is 2.43. The Labute approximate surface area is 195 Å². The first-order valence-corrected chi connectivity index (χ1v) is 11.7. The molecule has 2 heterocycles. The predicted octanol–water partition coefficient (Wildman–Crippen LogP) is 5.24. The van der Waals surface area contributed by atoms with Crippen LogP contribution in [0.3, 0.4) is 0 Å². The van der Waals surface area contributed by atoms with Crippen molar-refractivity contribution in [1.29, 1.82) is 0 Å². The minimum Gasteiger partial charge on any atom is -0.445 e. The SMILES string of the molecule is CC[C@H]1[C@H](C)C(NC(=O)OCc2ccccc2)c2cc(C3=CCOCC3)ccc2N1C(C)=O. The number of carbonyl (C=O) groups is 2. The van der Waals surface area contributed by atoms with Crippen molar-refractivity contribution in [1.82, 2.24) is 5.32 Å². The fourth-order valence-corrected chi connectivity index (χ4v) is 4.99. The first-order valence-electron chi connectivity index (χ1n) is 11.7. The lowest BCUT2D eigenvalue weighted by Gasteiger charge is -2.45. The van der Waals surface area contributed by atoms with Crippen LogP contribution >= 0.6 is 0 Å². The van der Waals surface area contributed by atoms with E-state index in [4.69, 9.17) is 9.47 Å². The molecule has 2 aromatic rings. The van der Waals surface area contributed by atoms with Crippen molar-refractivity contribution < 1.29 is 19.1 Å². The first-order chi connectivity index (χ1) is 16.0. The molecule has 1 N–H and O–H groups in total. The van der Waals surface area contributed by atoms with Crippen LogP contribution in [0, 0.1) is 5.92 Å². The maximum absolute atomic E-state index is 12.8. The van der Waals surface area contributed by atoms with Gasteiger partial charge in [-0.05, 0) is 47.2 Å². The van der Waals surface area contributed by atoms with Crippen LogP contribution < -0.4 is 10.2 Å². The lowest BCUT2D eigenvalue weighted by molar-refractivity contribution is -0.117. The summed E-state index contributed by atoms with van der Waals surface area (Å²) in [4.78, 5) is 27.3. The van der Waals surface area contributed by atoms with Crippen LogP contribution in [0.4, 0.5) is 10.5 Å². The lowest BCUT2D eigenvalue weighted by Crippen LogP contribution is -2.51. The molecule has 33 heavy (non-hydrogen) atoms. The summed E-state index contributed by atoms with van der Waals surface area (Å²) in [6, 6.07) is 15.6. The normalized spacial score (nSPS) is 22.2. The van der Waals surface area contributed by atoms with Crippen LogP contribution in [0.5, 0.6) is 0 Å². The van der Waals surface area contributed by atoms with Crippen molar-refractivity contribution >= 4 is 23.3 Å². The van der Waals surface area contributed by atoms with Gasteiger partial charge >= 0.3 is 6.09 Å². The van der Waals surface area contributed by atoms with Crippen LogP contribution in [0.25, 0.3) is 5.57 Å². The number of alkyl carbamates (subject to hydrolysis) is 1. The van der Waals surface area contributed by atoms with Gasteiger partial charge in [0.1, 0.15) is 6.61 Å². The zero-order valence-corrected chi connectivity index (χ0v) is 19.5. The average molecular weight is 449 g/mol. The molecule has 6 heteroatoms. The fourth-order valence-electron chi connectivity index (χ4n) is 4.99. The maximum atomic E-state index is 12.8. The quantitative estimate of drug-likeness (QED) is 0.679. The van der Waals surface area contributed by atoms with E-state index in [1.807, 2.05) is 41.3 Å². The molecule has 0 aliphatic carbocycles. The van der Waals surface area contributed by atoms with E-state index in [1.54, 1.807) is 6.92 Å². The maximum Gasteiger partial charge on any atom is 0.407 e. The zero-order chi connectivity index (χ0) is 23.4. The molecule has 174 valence electrons. The summed E-state index contributed by atoms with van der Waals surface area (Å²) in [6.07, 6.45) is 3.29. The van der Waals surface area contributed by atoms with Crippen LogP contribution in [0.15, 0.2) is 54.6 Å². The molecule has 0 spiro atoms. The second-order valence-electron chi connectivity index (χ2n) is 8.74. The van der Waals surface area contributed by atoms with E-state index in [0.717, 1.165) is 35.2 Å². The number of fused-ring (bicyclic) bond motifs is 1. The summed E-state index contributed by atoms with van der Waals surface area (Å²) in [5, 5.41) is 3.11. The molecule has 6 nitrogen and oxygen atoms in total. The molecule has 0 saturated carbocycles. The van der Waals surface area contributed by atoms with Gasteiger partial charge in [-0.1, -0.05) is 56.3 Å². The van der Waals surface area contributed by atoms with E-state index >= 15 is 0 Å². The molecule has 0 radical (unpaired) electrons. The van der Waals surface area contributed by atoms with Crippen LogP contribution in [-0.4, -0.2) is 31.3 Å². The smallest absolute Gasteiger partial charge is 0.407 e. The van der Waals surface area contributed by atoms with Gasteiger partial charge < -0.3 is 19.7 Å². The third-order valence-electron chi connectivity index (χ3n) is 6.66. The number of hydrogen-bond acceptors (Lipinski definition) is 4. The van der Waals surface area contributed by atoms with Gasteiger partial charge in [0, 0.05) is 24.6 Å². The molecule has 4 rings (SSSR count). The van der Waals surface area contributed by atoms with E-state index in [-0.39, 0.29) is 30.5 Å². The molecular weight excluding hydrogens is 416 g/mol. The summed E-state index contributed by atoms with van der Waals surface area (Å²) in [7, 11) is 0. The Balaban J connectivity index is 1.65. The van der Waals surface area contributed by atoms with Gasteiger partial charge in [-0.25, -0.2) is 4.79 Å². The third kappa shape index (κ3) is 4.96. The highest BCUT2D eigenvalue weighted by molar-refractivity contribution is 5.94. The van der Waals surface area contributed by atoms with Gasteiger partial charge in [-0.2, -0.15) is 0 Å². The zero-order valence-electron chi connectivity index (χ0n) is 19.5. The summed E-state index contributed by atoms with van der Waals surface area (Å²) in [5.74, 6) is 0.0349. The van der Waals surface area contributed by atoms with E-state index in [0.29, 0.717) is 13.2 Å². The lowest BCUT2D eigenvalue weighted by atomic mass is 9.80. The van der Waals surface area contributed by atoms with Gasteiger partial charge in [0.25, 0.3) is 0 Å². The van der Waals surface area contributed by atoms with Crippen LogP contribution in [0.1, 0.15) is 56.3 Å². The summed E-state index contributed by atoms with van der Waals surface area (Å²) in [6.45, 7) is 7.29. The monoisotopic (exact) mass is 448 g/mol. The van der Waals surface area contributed by atoms with E-state index in [1.165, 1.54) is 5.57 Å². The number of amides is 2. The predicted molar refractivity (Wildman–Crippen MR) is 129 cm³/mol. The molecule has 3 atom stereocenters. The molecule has 2 aliphatic heterocycles. The minimum atomic E-state index is -0.455. The Kier molecular flexibility index (Phi) is 7.14. The topological polar surface area (TPSA) is 67.9 Å². The molecule has 2 aliphatic rings. The highest BCUT2D eigenvalue weighted by atomic mass is 16.5. The van der Waals surface area contributed by atoms with Gasteiger partial charge in [0.2, 0.25) is 5.91 Å². The van der Waals surface area contributed by atoms with Crippen molar-refractivity contribution in [3.05, 3.63) is 71.3 Å². The second kappa shape index (κ2) is 10.2. The number of benzene rings is 2. The van der Waals surface area contributed by atoms with Crippen LogP contribution in [-0.2, 0) is 20.9 Å². The molecular formula is C27H32N2O4. The Hall–Kier alpha value is -3.12. The van der Waals surface area contributed by atoms with E-state index in [2.05, 4.69) is 37.4 Å². The molecule has 0 bridgehead atoms. The van der Waals surface area contributed by atoms with Crippen molar-refractivity contribution in [2.75, 3.05) is 18.1 Å². The number of rotatable bonds is 5. The fraction of sp³-hybridized carbons (Fsp3) is 0.407. The van der Waals surface area contributed by atoms with Crippen molar-refractivity contribution in [3.8, 4) is 0 Å². The standard InChI is InChI=1S/C27H32N2O4/c1-4-24-18(2)26(28-27(31)33-17-20-8-6-5-7-9-20)23-16-22(21-12-14-32-15-13-21)10-11-25(23)29(24)19(3)30/h5-12,16,18,24,26H,4,13-15,17H2,1-3H3,(H,28,31)/t18-,24-,26?/m0/s1. The van der Waals surface area contributed by atoms with Crippen molar-refractivity contribution in [3.63, 3.8) is 0 Å². The van der Waals surface area contributed by atoms with Gasteiger partial charge in [0.05, 0.1) is 19.3 Å². The molecule has 1 unspecified atom stereocenters. The summed E-state index contributed by atoms with van der Waals surface area (Å²) < 4.78 is 11.0. The van der Waals surface area contributed by atoms with Gasteiger partial charge in [0.15, 0.2) is 0 Å². The van der Waals surface area contributed by atoms with Gasteiger partial charge in [-0.3, -0.25) is 4.79 Å². The number of ether oxygens (including phenoxy) is 2. The minimum absolute atomic E-state index is 0.0115. The molecule has 0 aromatic heterocycles. The number of nitrogens with one attached hydrogen (secondary N) is 1. The molecule has 0 fully saturated rings. The molecule has 2 amide bonds. The largest absolute Gasteiger partial charge is 0.445 e. The Morgan fingerprint density at radius 1 is 1.18 bits per heavy atom. The number of hydrogen-bond donors (Lipinski definition) is 1. The summed E-state index contributed by atoms with van der Waals surface area (Å²) >= 11 is 0. The number of anilines is 1. The molecule has 0 saturated heterocycles. The molecule has 2 aromatic carbocycles.